The highest BCUT2D eigenvalue weighted by molar-refractivity contribution is 5.22. The SMILES string of the molecule is OCCc1ccc(CCN2CCCCC2)cc1. The lowest BCUT2D eigenvalue weighted by atomic mass is 10.1. The second-order valence-corrected chi connectivity index (χ2v) is 4.94. The van der Waals surface area contributed by atoms with Gasteiger partial charge in [0.15, 0.2) is 0 Å². The van der Waals surface area contributed by atoms with Crippen LogP contribution < -0.4 is 0 Å². The van der Waals surface area contributed by atoms with Gasteiger partial charge < -0.3 is 10.0 Å². The Balaban J connectivity index is 1.77. The van der Waals surface area contributed by atoms with E-state index < -0.39 is 0 Å². The van der Waals surface area contributed by atoms with E-state index in [9.17, 15) is 0 Å². The van der Waals surface area contributed by atoms with Gasteiger partial charge in [-0.2, -0.15) is 0 Å². The van der Waals surface area contributed by atoms with E-state index in [2.05, 4.69) is 29.2 Å². The second kappa shape index (κ2) is 6.77. The summed E-state index contributed by atoms with van der Waals surface area (Å²) in [5.74, 6) is 0. The van der Waals surface area contributed by atoms with Gasteiger partial charge in [-0.05, 0) is 49.9 Å². The van der Waals surface area contributed by atoms with Crippen molar-refractivity contribution in [3.63, 3.8) is 0 Å². The lowest BCUT2D eigenvalue weighted by molar-refractivity contribution is 0.231. The Bertz CT molecular complexity index is 314. The van der Waals surface area contributed by atoms with E-state index in [4.69, 9.17) is 5.11 Å². The molecule has 1 N–H and O–H groups in total. The van der Waals surface area contributed by atoms with Crippen molar-refractivity contribution in [2.24, 2.45) is 0 Å². The van der Waals surface area contributed by atoms with Crippen LogP contribution in [0.15, 0.2) is 24.3 Å². The molecule has 1 aromatic carbocycles. The molecule has 0 bridgehead atoms. The summed E-state index contributed by atoms with van der Waals surface area (Å²) in [7, 11) is 0. The zero-order valence-corrected chi connectivity index (χ0v) is 10.6. The Morgan fingerprint density at radius 1 is 0.882 bits per heavy atom. The second-order valence-electron chi connectivity index (χ2n) is 4.94. The number of aliphatic hydroxyl groups excluding tert-OH is 1. The Morgan fingerprint density at radius 2 is 1.47 bits per heavy atom. The Kier molecular flexibility index (Phi) is 5.02. The van der Waals surface area contributed by atoms with Gasteiger partial charge >= 0.3 is 0 Å². The minimum atomic E-state index is 0.243. The average molecular weight is 233 g/mol. The summed E-state index contributed by atoms with van der Waals surface area (Å²) in [6, 6.07) is 8.69. The number of likely N-dealkylation sites (tertiary alicyclic amines) is 1. The van der Waals surface area contributed by atoms with Crippen LogP contribution in [0.1, 0.15) is 30.4 Å². The van der Waals surface area contributed by atoms with Crippen LogP contribution >= 0.6 is 0 Å². The molecule has 0 aromatic heterocycles. The first-order valence-electron chi connectivity index (χ1n) is 6.79. The highest BCUT2D eigenvalue weighted by Crippen LogP contribution is 2.11. The van der Waals surface area contributed by atoms with E-state index in [0.29, 0.717) is 0 Å². The quantitative estimate of drug-likeness (QED) is 0.843. The molecule has 0 saturated carbocycles. The van der Waals surface area contributed by atoms with E-state index in [0.717, 1.165) is 12.8 Å². The van der Waals surface area contributed by atoms with Crippen molar-refractivity contribution in [2.45, 2.75) is 32.1 Å². The molecule has 0 radical (unpaired) electrons. The van der Waals surface area contributed by atoms with Crippen molar-refractivity contribution in [1.82, 2.24) is 4.90 Å². The molecule has 2 nitrogen and oxygen atoms in total. The van der Waals surface area contributed by atoms with Gasteiger partial charge in [-0.3, -0.25) is 0 Å². The zero-order valence-electron chi connectivity index (χ0n) is 10.6. The zero-order chi connectivity index (χ0) is 11.9. The van der Waals surface area contributed by atoms with Gasteiger partial charge in [0.1, 0.15) is 0 Å². The van der Waals surface area contributed by atoms with Crippen LogP contribution in [0.5, 0.6) is 0 Å². The van der Waals surface area contributed by atoms with Crippen LogP contribution in [0.3, 0.4) is 0 Å². The molecule has 0 atom stereocenters. The predicted molar refractivity (Wildman–Crippen MR) is 71.2 cm³/mol. The summed E-state index contributed by atoms with van der Waals surface area (Å²) in [5, 5.41) is 8.86. The smallest absolute Gasteiger partial charge is 0.0471 e. The molecule has 1 fully saturated rings. The first kappa shape index (κ1) is 12.6. The minimum absolute atomic E-state index is 0.243. The van der Waals surface area contributed by atoms with E-state index in [-0.39, 0.29) is 6.61 Å². The molecule has 1 aliphatic heterocycles. The van der Waals surface area contributed by atoms with Gasteiger partial charge in [-0.1, -0.05) is 30.7 Å². The molecule has 1 aliphatic rings. The van der Waals surface area contributed by atoms with Crippen LogP contribution in [0.4, 0.5) is 0 Å². The molecule has 0 unspecified atom stereocenters. The van der Waals surface area contributed by atoms with Crippen molar-refractivity contribution in [3.05, 3.63) is 35.4 Å². The van der Waals surface area contributed by atoms with Crippen molar-refractivity contribution in [1.29, 1.82) is 0 Å². The fourth-order valence-electron chi connectivity index (χ4n) is 2.47. The molecule has 2 heteroatoms. The van der Waals surface area contributed by atoms with Gasteiger partial charge in [0.25, 0.3) is 0 Å². The topological polar surface area (TPSA) is 23.5 Å². The van der Waals surface area contributed by atoms with Crippen LogP contribution in [0.2, 0.25) is 0 Å². The molecule has 1 aromatic rings. The molecule has 0 aliphatic carbocycles. The molecular weight excluding hydrogens is 210 g/mol. The Hall–Kier alpha value is -0.860. The Labute approximate surface area is 104 Å². The fraction of sp³-hybridized carbons (Fsp3) is 0.600. The summed E-state index contributed by atoms with van der Waals surface area (Å²) in [6.45, 7) is 4.00. The number of hydrogen-bond donors (Lipinski definition) is 1. The third-order valence-corrected chi connectivity index (χ3v) is 3.59. The first-order valence-corrected chi connectivity index (χ1v) is 6.79. The van der Waals surface area contributed by atoms with E-state index in [1.54, 1.807) is 0 Å². The minimum Gasteiger partial charge on any atom is -0.396 e. The first-order chi connectivity index (χ1) is 8.38. The monoisotopic (exact) mass is 233 g/mol. The van der Waals surface area contributed by atoms with Gasteiger partial charge in [-0.15, -0.1) is 0 Å². The molecule has 94 valence electrons. The van der Waals surface area contributed by atoms with Gasteiger partial charge in [0.2, 0.25) is 0 Å². The van der Waals surface area contributed by atoms with Crippen LogP contribution in [-0.2, 0) is 12.8 Å². The largest absolute Gasteiger partial charge is 0.396 e. The van der Waals surface area contributed by atoms with Gasteiger partial charge in [0, 0.05) is 13.2 Å². The normalized spacial score (nSPS) is 17.2. The molecule has 0 amide bonds. The lowest BCUT2D eigenvalue weighted by Gasteiger charge is -2.26. The van der Waals surface area contributed by atoms with E-state index in [1.165, 1.54) is 50.0 Å². The molecule has 1 saturated heterocycles. The summed E-state index contributed by atoms with van der Waals surface area (Å²) >= 11 is 0. The van der Waals surface area contributed by atoms with E-state index in [1.807, 2.05) is 0 Å². The molecular formula is C15H23NO. The van der Waals surface area contributed by atoms with E-state index >= 15 is 0 Å². The number of nitrogens with zero attached hydrogens (tertiary/aromatic N) is 1. The highest BCUT2D eigenvalue weighted by atomic mass is 16.2. The third-order valence-electron chi connectivity index (χ3n) is 3.59. The van der Waals surface area contributed by atoms with Gasteiger partial charge in [-0.25, -0.2) is 0 Å². The highest BCUT2D eigenvalue weighted by Gasteiger charge is 2.09. The van der Waals surface area contributed by atoms with Crippen LogP contribution in [-0.4, -0.2) is 36.2 Å². The lowest BCUT2D eigenvalue weighted by Crippen LogP contribution is -2.31. The maximum absolute atomic E-state index is 8.86. The van der Waals surface area contributed by atoms with Crippen molar-refractivity contribution in [2.75, 3.05) is 26.2 Å². The number of piperidine rings is 1. The predicted octanol–water partition coefficient (Wildman–Crippen LogP) is 2.25. The van der Waals surface area contributed by atoms with Gasteiger partial charge in [0.05, 0.1) is 0 Å². The maximum Gasteiger partial charge on any atom is 0.0471 e. The van der Waals surface area contributed by atoms with Crippen LogP contribution in [0, 0.1) is 0 Å². The number of hydrogen-bond acceptors (Lipinski definition) is 2. The Morgan fingerprint density at radius 3 is 2.06 bits per heavy atom. The number of aliphatic hydroxyl groups is 1. The van der Waals surface area contributed by atoms with Crippen molar-refractivity contribution in [3.8, 4) is 0 Å². The van der Waals surface area contributed by atoms with Crippen molar-refractivity contribution >= 4 is 0 Å². The van der Waals surface area contributed by atoms with Crippen LogP contribution in [0.25, 0.3) is 0 Å². The molecule has 2 rings (SSSR count). The van der Waals surface area contributed by atoms with Crippen molar-refractivity contribution < 1.29 is 5.11 Å². The summed E-state index contributed by atoms with van der Waals surface area (Å²) in [4.78, 5) is 2.57. The molecule has 17 heavy (non-hydrogen) atoms. The third kappa shape index (κ3) is 4.14. The fourth-order valence-corrected chi connectivity index (χ4v) is 2.47. The average Bonchev–Trinajstić information content (AvgIpc) is 2.40. The number of rotatable bonds is 5. The summed E-state index contributed by atoms with van der Waals surface area (Å²) in [5.41, 5.74) is 2.64. The maximum atomic E-state index is 8.86. The molecule has 1 heterocycles. The summed E-state index contributed by atoms with van der Waals surface area (Å²) < 4.78 is 0. The number of benzene rings is 1. The summed E-state index contributed by atoms with van der Waals surface area (Å²) in [6.07, 6.45) is 6.07. The molecule has 0 spiro atoms. The standard InChI is InChI=1S/C15H23NO/c17-13-9-15-6-4-14(5-7-15)8-12-16-10-2-1-3-11-16/h4-7,17H,1-3,8-13H2.